The molecule has 1 aliphatic rings. The van der Waals surface area contributed by atoms with E-state index in [9.17, 15) is 4.79 Å². The number of carbonyl (C=O) groups excluding carboxylic acids is 1. The van der Waals surface area contributed by atoms with Gasteiger partial charge in [-0.1, -0.05) is 20.3 Å². The molecule has 2 N–H and O–H groups in total. The molecule has 2 atom stereocenters. The highest BCUT2D eigenvalue weighted by Crippen LogP contribution is 2.37. The van der Waals surface area contributed by atoms with Gasteiger partial charge in [0, 0.05) is 13.2 Å². The SMILES string of the molecule is CCOC(=O)C1(N)CCCC1CCOCCCC(C)C. The van der Waals surface area contributed by atoms with Crippen LogP contribution in [0.15, 0.2) is 0 Å². The van der Waals surface area contributed by atoms with Crippen molar-refractivity contribution < 1.29 is 14.3 Å². The molecule has 0 aliphatic heterocycles. The highest BCUT2D eigenvalue weighted by molar-refractivity contribution is 5.81. The fourth-order valence-corrected chi connectivity index (χ4v) is 2.96. The average Bonchev–Trinajstić information content (AvgIpc) is 2.76. The van der Waals surface area contributed by atoms with Crippen molar-refractivity contribution in [2.75, 3.05) is 19.8 Å². The van der Waals surface area contributed by atoms with Crippen molar-refractivity contribution in [2.24, 2.45) is 17.6 Å². The summed E-state index contributed by atoms with van der Waals surface area (Å²) >= 11 is 0. The Labute approximate surface area is 123 Å². The third kappa shape index (κ3) is 5.06. The largest absolute Gasteiger partial charge is 0.465 e. The minimum atomic E-state index is -0.780. The Hall–Kier alpha value is -0.610. The molecule has 0 heterocycles. The second-order valence-corrected chi connectivity index (χ2v) is 6.29. The van der Waals surface area contributed by atoms with Gasteiger partial charge in [0.15, 0.2) is 0 Å². The van der Waals surface area contributed by atoms with Crippen molar-refractivity contribution in [3.63, 3.8) is 0 Å². The number of rotatable bonds is 9. The first-order valence-electron chi connectivity index (χ1n) is 8.04. The fourth-order valence-electron chi connectivity index (χ4n) is 2.96. The Morgan fingerprint density at radius 3 is 2.80 bits per heavy atom. The van der Waals surface area contributed by atoms with Crippen molar-refractivity contribution in [2.45, 2.75) is 64.8 Å². The van der Waals surface area contributed by atoms with Gasteiger partial charge in [-0.05, 0) is 50.9 Å². The first kappa shape index (κ1) is 17.4. The second-order valence-electron chi connectivity index (χ2n) is 6.29. The first-order valence-corrected chi connectivity index (χ1v) is 8.04. The summed E-state index contributed by atoms with van der Waals surface area (Å²) in [5.74, 6) is 0.697. The molecule has 0 aromatic carbocycles. The number of hydrogen-bond donors (Lipinski definition) is 1. The van der Waals surface area contributed by atoms with Crippen LogP contribution in [0.5, 0.6) is 0 Å². The quantitative estimate of drug-likeness (QED) is 0.522. The summed E-state index contributed by atoms with van der Waals surface area (Å²) in [6.07, 6.45) is 5.92. The Morgan fingerprint density at radius 1 is 1.40 bits per heavy atom. The summed E-state index contributed by atoms with van der Waals surface area (Å²) in [5, 5.41) is 0. The molecule has 1 saturated carbocycles. The summed E-state index contributed by atoms with van der Waals surface area (Å²) < 4.78 is 10.8. The smallest absolute Gasteiger partial charge is 0.326 e. The number of esters is 1. The first-order chi connectivity index (χ1) is 9.50. The molecule has 4 nitrogen and oxygen atoms in total. The van der Waals surface area contributed by atoms with Gasteiger partial charge in [-0.25, -0.2) is 0 Å². The van der Waals surface area contributed by atoms with Gasteiger partial charge in [-0.15, -0.1) is 0 Å². The van der Waals surface area contributed by atoms with Crippen molar-refractivity contribution >= 4 is 5.97 Å². The molecular formula is C16H31NO3. The van der Waals surface area contributed by atoms with Crippen molar-refractivity contribution in [1.29, 1.82) is 0 Å². The zero-order valence-corrected chi connectivity index (χ0v) is 13.3. The summed E-state index contributed by atoms with van der Waals surface area (Å²) in [7, 11) is 0. The van der Waals surface area contributed by atoms with Gasteiger partial charge in [0.2, 0.25) is 0 Å². The van der Waals surface area contributed by atoms with Gasteiger partial charge in [0.1, 0.15) is 5.54 Å². The van der Waals surface area contributed by atoms with Gasteiger partial charge in [0.25, 0.3) is 0 Å². The minimum Gasteiger partial charge on any atom is -0.465 e. The Balaban J connectivity index is 2.26. The maximum atomic E-state index is 12.0. The van der Waals surface area contributed by atoms with Crippen LogP contribution in [0, 0.1) is 11.8 Å². The summed E-state index contributed by atoms with van der Waals surface area (Å²) in [4.78, 5) is 12.0. The topological polar surface area (TPSA) is 61.5 Å². The number of carbonyl (C=O) groups is 1. The molecule has 0 spiro atoms. The molecule has 0 amide bonds. The summed E-state index contributed by atoms with van der Waals surface area (Å²) in [5.41, 5.74) is 5.50. The van der Waals surface area contributed by atoms with E-state index in [1.54, 1.807) is 0 Å². The van der Waals surface area contributed by atoms with Gasteiger partial charge >= 0.3 is 5.97 Å². The van der Waals surface area contributed by atoms with E-state index in [1.165, 1.54) is 6.42 Å². The normalized spacial score (nSPS) is 26.1. The third-order valence-corrected chi connectivity index (χ3v) is 4.21. The van der Waals surface area contributed by atoms with Crippen molar-refractivity contribution in [3.05, 3.63) is 0 Å². The zero-order valence-electron chi connectivity index (χ0n) is 13.3. The Morgan fingerprint density at radius 2 is 2.15 bits per heavy atom. The molecule has 0 saturated heterocycles. The van der Waals surface area contributed by atoms with Crippen LogP contribution in [0.25, 0.3) is 0 Å². The maximum absolute atomic E-state index is 12.0. The predicted octanol–water partition coefficient (Wildman–Crippen LogP) is 2.89. The van der Waals surface area contributed by atoms with Crippen LogP contribution in [0.4, 0.5) is 0 Å². The van der Waals surface area contributed by atoms with Crippen LogP contribution in [0.3, 0.4) is 0 Å². The van der Waals surface area contributed by atoms with Crippen LogP contribution in [0.2, 0.25) is 0 Å². The van der Waals surface area contributed by atoms with Crippen LogP contribution in [-0.2, 0) is 14.3 Å². The molecule has 1 rings (SSSR count). The van der Waals surface area contributed by atoms with E-state index in [1.807, 2.05) is 6.92 Å². The molecule has 0 aromatic rings. The monoisotopic (exact) mass is 285 g/mol. The molecule has 1 fully saturated rings. The molecule has 118 valence electrons. The standard InChI is InChI=1S/C16H31NO3/c1-4-20-15(18)16(17)10-5-8-14(16)9-12-19-11-6-7-13(2)3/h13-14H,4-12,17H2,1-3H3. The zero-order chi connectivity index (χ0) is 15.0. The Kier molecular flexibility index (Phi) is 7.52. The maximum Gasteiger partial charge on any atom is 0.326 e. The highest BCUT2D eigenvalue weighted by atomic mass is 16.5. The minimum absolute atomic E-state index is 0.201. The molecule has 0 bridgehead atoms. The number of nitrogens with two attached hydrogens (primary N) is 1. The third-order valence-electron chi connectivity index (χ3n) is 4.21. The van der Waals surface area contributed by atoms with Crippen molar-refractivity contribution in [1.82, 2.24) is 0 Å². The van der Waals surface area contributed by atoms with E-state index in [0.29, 0.717) is 13.2 Å². The van der Waals surface area contributed by atoms with Gasteiger partial charge in [-0.3, -0.25) is 4.79 Å². The fraction of sp³-hybridized carbons (Fsp3) is 0.938. The lowest BCUT2D eigenvalue weighted by molar-refractivity contribution is -0.151. The van der Waals surface area contributed by atoms with E-state index < -0.39 is 5.54 Å². The summed E-state index contributed by atoms with van der Waals surface area (Å²) in [6, 6.07) is 0. The molecule has 0 radical (unpaired) electrons. The number of hydrogen-bond acceptors (Lipinski definition) is 4. The van der Waals surface area contributed by atoms with Crippen LogP contribution >= 0.6 is 0 Å². The van der Waals surface area contributed by atoms with E-state index >= 15 is 0 Å². The lowest BCUT2D eigenvalue weighted by Gasteiger charge is -2.28. The van der Waals surface area contributed by atoms with Crippen LogP contribution in [0.1, 0.15) is 59.3 Å². The van der Waals surface area contributed by atoms with Crippen molar-refractivity contribution in [3.8, 4) is 0 Å². The van der Waals surface area contributed by atoms with E-state index in [2.05, 4.69) is 13.8 Å². The molecule has 2 unspecified atom stereocenters. The van der Waals surface area contributed by atoms with Gasteiger partial charge in [0.05, 0.1) is 6.61 Å². The molecular weight excluding hydrogens is 254 g/mol. The number of ether oxygens (including phenoxy) is 2. The lowest BCUT2D eigenvalue weighted by atomic mass is 9.86. The van der Waals surface area contributed by atoms with Crippen LogP contribution in [-0.4, -0.2) is 31.3 Å². The predicted molar refractivity (Wildman–Crippen MR) is 80.4 cm³/mol. The highest BCUT2D eigenvalue weighted by Gasteiger charge is 2.46. The van der Waals surface area contributed by atoms with Gasteiger partial charge < -0.3 is 15.2 Å². The van der Waals surface area contributed by atoms with E-state index in [-0.39, 0.29) is 11.9 Å². The molecule has 20 heavy (non-hydrogen) atoms. The van der Waals surface area contributed by atoms with E-state index in [0.717, 1.165) is 44.6 Å². The summed E-state index contributed by atoms with van der Waals surface area (Å²) in [6.45, 7) is 8.17. The molecule has 4 heteroatoms. The van der Waals surface area contributed by atoms with E-state index in [4.69, 9.17) is 15.2 Å². The average molecular weight is 285 g/mol. The van der Waals surface area contributed by atoms with Crippen LogP contribution < -0.4 is 5.73 Å². The molecule has 0 aromatic heterocycles. The molecule has 1 aliphatic carbocycles. The second kappa shape index (κ2) is 8.63. The lowest BCUT2D eigenvalue weighted by Crippen LogP contribution is -2.52. The Bertz CT molecular complexity index is 293. The van der Waals surface area contributed by atoms with Gasteiger partial charge in [-0.2, -0.15) is 0 Å².